The van der Waals surface area contributed by atoms with Gasteiger partial charge in [0.25, 0.3) is 0 Å². The molecule has 0 aromatic heterocycles. The van der Waals surface area contributed by atoms with E-state index >= 15 is 0 Å². The monoisotopic (exact) mass is 158 g/mol. The second kappa shape index (κ2) is 3.19. The van der Waals surface area contributed by atoms with Crippen LogP contribution in [0.4, 0.5) is 0 Å². The average Bonchev–Trinajstić information content (AvgIpc) is 1.86. The van der Waals surface area contributed by atoms with E-state index in [2.05, 4.69) is 10.5 Å². The van der Waals surface area contributed by atoms with Crippen LogP contribution in [0.2, 0.25) is 0 Å². The highest BCUT2D eigenvalue weighted by molar-refractivity contribution is 5.79. The number of amidine groups is 1. The molecule has 0 aromatic carbocycles. The molecule has 4 nitrogen and oxygen atoms in total. The van der Waals surface area contributed by atoms with Crippen LogP contribution in [0, 0.1) is 0 Å². The van der Waals surface area contributed by atoms with Gasteiger partial charge in [-0.15, -0.1) is 0 Å². The fourth-order valence-corrected chi connectivity index (χ4v) is 1.07. The molecular formula is C7H14N2O2. The van der Waals surface area contributed by atoms with Gasteiger partial charge in [-0.05, 0) is 20.8 Å². The molecule has 64 valence electrons. The number of hydrogen-bond acceptors (Lipinski definition) is 4. The van der Waals surface area contributed by atoms with Gasteiger partial charge < -0.3 is 4.74 Å². The van der Waals surface area contributed by atoms with Gasteiger partial charge in [0.15, 0.2) is 5.72 Å². The molecule has 1 heterocycles. The second-order valence-corrected chi connectivity index (χ2v) is 2.70. The lowest BCUT2D eigenvalue weighted by Gasteiger charge is -2.29. The molecule has 1 aliphatic heterocycles. The van der Waals surface area contributed by atoms with E-state index in [1.165, 1.54) is 0 Å². The van der Waals surface area contributed by atoms with Crippen LogP contribution in [0.25, 0.3) is 0 Å². The van der Waals surface area contributed by atoms with E-state index in [9.17, 15) is 0 Å². The zero-order chi connectivity index (χ0) is 8.32. The Balaban J connectivity index is 2.61. The van der Waals surface area contributed by atoms with Crippen LogP contribution in [-0.4, -0.2) is 24.8 Å². The fourth-order valence-electron chi connectivity index (χ4n) is 1.07. The van der Waals surface area contributed by atoms with E-state index in [1.54, 1.807) is 0 Å². The molecule has 0 fully saturated rings. The van der Waals surface area contributed by atoms with Gasteiger partial charge in [0.1, 0.15) is 12.4 Å². The second-order valence-electron chi connectivity index (χ2n) is 2.70. The predicted molar refractivity (Wildman–Crippen MR) is 42.2 cm³/mol. The van der Waals surface area contributed by atoms with Gasteiger partial charge in [-0.2, -0.15) is 0 Å². The molecule has 1 atom stereocenters. The van der Waals surface area contributed by atoms with Crippen molar-refractivity contribution in [2.45, 2.75) is 26.5 Å². The summed E-state index contributed by atoms with van der Waals surface area (Å²) in [5.74, 6) is 0.757. The zero-order valence-corrected chi connectivity index (χ0v) is 7.18. The largest absolute Gasteiger partial charge is 0.352 e. The standard InChI is InChI=1S/C7H14N2O2/c1-4-10-7(3)5-11-9-6(2)8-7/h4-5H2,1-3H3,(H,8,9). The minimum Gasteiger partial charge on any atom is -0.352 e. The minimum absolute atomic E-state index is 0.457. The molecular weight excluding hydrogens is 144 g/mol. The molecule has 0 aromatic rings. The van der Waals surface area contributed by atoms with Crippen LogP contribution in [0.3, 0.4) is 0 Å². The SMILES string of the molecule is CCOC1(C)CONC(C)=N1. The summed E-state index contributed by atoms with van der Waals surface area (Å²) in [6.07, 6.45) is 0. The summed E-state index contributed by atoms with van der Waals surface area (Å²) in [6.45, 7) is 6.80. The molecule has 0 spiro atoms. The van der Waals surface area contributed by atoms with Gasteiger partial charge in [-0.3, -0.25) is 10.3 Å². The van der Waals surface area contributed by atoms with E-state index in [4.69, 9.17) is 9.57 Å². The van der Waals surface area contributed by atoms with Crippen molar-refractivity contribution >= 4 is 5.84 Å². The molecule has 1 aliphatic rings. The number of hydrogen-bond donors (Lipinski definition) is 1. The van der Waals surface area contributed by atoms with Crippen LogP contribution >= 0.6 is 0 Å². The number of nitrogens with zero attached hydrogens (tertiary/aromatic N) is 1. The Labute approximate surface area is 66.5 Å². The zero-order valence-electron chi connectivity index (χ0n) is 7.18. The van der Waals surface area contributed by atoms with E-state index in [1.807, 2.05) is 20.8 Å². The molecule has 4 heteroatoms. The Morgan fingerprint density at radius 3 is 3.09 bits per heavy atom. The first-order chi connectivity index (χ1) is 5.16. The molecule has 1 rings (SSSR count). The molecule has 0 aliphatic carbocycles. The molecule has 1 unspecified atom stereocenters. The quantitative estimate of drug-likeness (QED) is 0.643. The van der Waals surface area contributed by atoms with Crippen molar-refractivity contribution in [2.24, 2.45) is 4.99 Å². The normalized spacial score (nSPS) is 31.0. The Kier molecular flexibility index (Phi) is 2.46. The van der Waals surface area contributed by atoms with Gasteiger partial charge in [0.05, 0.1) is 0 Å². The lowest BCUT2D eigenvalue weighted by atomic mass is 10.3. The summed E-state index contributed by atoms with van der Waals surface area (Å²) in [7, 11) is 0. The van der Waals surface area contributed by atoms with Crippen molar-refractivity contribution in [3.63, 3.8) is 0 Å². The molecule has 0 saturated heterocycles. The maximum absolute atomic E-state index is 5.39. The number of aliphatic imine (C=N–C) groups is 1. The average molecular weight is 158 g/mol. The number of ether oxygens (including phenoxy) is 1. The maximum atomic E-state index is 5.39. The highest BCUT2D eigenvalue weighted by Crippen LogP contribution is 2.15. The van der Waals surface area contributed by atoms with E-state index in [-0.39, 0.29) is 0 Å². The topological polar surface area (TPSA) is 42.9 Å². The lowest BCUT2D eigenvalue weighted by Crippen LogP contribution is -2.43. The summed E-state index contributed by atoms with van der Waals surface area (Å²) in [5.41, 5.74) is 2.17. The van der Waals surface area contributed by atoms with Gasteiger partial charge in [0.2, 0.25) is 0 Å². The molecule has 11 heavy (non-hydrogen) atoms. The van der Waals surface area contributed by atoms with Gasteiger partial charge in [-0.25, -0.2) is 4.99 Å². The molecule has 0 bridgehead atoms. The third-order valence-electron chi connectivity index (χ3n) is 1.42. The third kappa shape index (κ3) is 2.17. The molecule has 0 saturated carbocycles. The van der Waals surface area contributed by atoms with Crippen molar-refractivity contribution in [2.75, 3.05) is 13.2 Å². The van der Waals surface area contributed by atoms with Crippen molar-refractivity contribution in [1.29, 1.82) is 0 Å². The van der Waals surface area contributed by atoms with Crippen LogP contribution in [0.5, 0.6) is 0 Å². The van der Waals surface area contributed by atoms with Crippen LogP contribution in [0.15, 0.2) is 4.99 Å². The Morgan fingerprint density at radius 1 is 1.82 bits per heavy atom. The van der Waals surface area contributed by atoms with Crippen LogP contribution in [0.1, 0.15) is 20.8 Å². The van der Waals surface area contributed by atoms with Gasteiger partial charge >= 0.3 is 0 Å². The summed E-state index contributed by atoms with van der Waals surface area (Å²) in [5, 5.41) is 0. The molecule has 1 N–H and O–H groups in total. The Morgan fingerprint density at radius 2 is 2.55 bits per heavy atom. The first-order valence-electron chi connectivity index (χ1n) is 3.74. The van der Waals surface area contributed by atoms with E-state index in [0.29, 0.717) is 13.2 Å². The smallest absolute Gasteiger partial charge is 0.183 e. The third-order valence-corrected chi connectivity index (χ3v) is 1.42. The number of nitrogens with one attached hydrogen (secondary N) is 1. The highest BCUT2D eigenvalue weighted by atomic mass is 16.7. The summed E-state index contributed by atoms with van der Waals surface area (Å²) >= 11 is 0. The van der Waals surface area contributed by atoms with Gasteiger partial charge in [-0.1, -0.05) is 0 Å². The lowest BCUT2D eigenvalue weighted by molar-refractivity contribution is -0.102. The van der Waals surface area contributed by atoms with Crippen molar-refractivity contribution in [1.82, 2.24) is 5.48 Å². The van der Waals surface area contributed by atoms with E-state index in [0.717, 1.165) is 5.84 Å². The molecule has 0 amide bonds. The summed E-state index contributed by atoms with van der Waals surface area (Å²) < 4.78 is 5.39. The van der Waals surface area contributed by atoms with E-state index < -0.39 is 5.72 Å². The fraction of sp³-hybridized carbons (Fsp3) is 0.857. The van der Waals surface area contributed by atoms with Crippen molar-refractivity contribution in [3.05, 3.63) is 0 Å². The highest BCUT2D eigenvalue weighted by Gasteiger charge is 2.27. The minimum atomic E-state index is -0.496. The summed E-state index contributed by atoms with van der Waals surface area (Å²) in [6, 6.07) is 0. The number of rotatable bonds is 2. The summed E-state index contributed by atoms with van der Waals surface area (Å²) in [4.78, 5) is 9.31. The van der Waals surface area contributed by atoms with Crippen molar-refractivity contribution < 1.29 is 9.57 Å². The first kappa shape index (κ1) is 8.49. The first-order valence-corrected chi connectivity index (χ1v) is 3.74. The van der Waals surface area contributed by atoms with Crippen LogP contribution < -0.4 is 5.48 Å². The van der Waals surface area contributed by atoms with Crippen LogP contribution in [-0.2, 0) is 9.57 Å². The molecule has 0 radical (unpaired) electrons. The predicted octanol–water partition coefficient (Wildman–Crippen LogP) is 0.692. The van der Waals surface area contributed by atoms with Crippen molar-refractivity contribution in [3.8, 4) is 0 Å². The Hall–Kier alpha value is -0.610. The van der Waals surface area contributed by atoms with Gasteiger partial charge in [0, 0.05) is 6.61 Å². The maximum Gasteiger partial charge on any atom is 0.183 e. The number of hydroxylamine groups is 1. The Bertz CT molecular complexity index is 170.